The molecule has 72 heavy (non-hydrogen) atoms. The Morgan fingerprint density at radius 1 is 0.431 bits per heavy atom. The molecule has 16 heteroatoms. The van der Waals surface area contributed by atoms with Gasteiger partial charge in [-0.05, 0) is 135 Å². The maximum atomic E-state index is 11.6. The Labute approximate surface area is 421 Å². The van der Waals surface area contributed by atoms with Crippen LogP contribution in [-0.4, -0.2) is 102 Å². The molecule has 4 saturated carbocycles. The van der Waals surface area contributed by atoms with Gasteiger partial charge in [0.1, 0.15) is 11.5 Å². The number of carbonyl (C=O) groups excluding carboxylic acids is 2. The van der Waals surface area contributed by atoms with Gasteiger partial charge in [0.05, 0.1) is 37.6 Å². The molecule has 12 unspecified atom stereocenters. The largest absolute Gasteiger partial charge is 0.508 e. The van der Waals surface area contributed by atoms with Crippen molar-refractivity contribution in [2.45, 2.75) is 139 Å². The number of hydrogen-bond acceptors (Lipinski definition) is 14. The number of phenols is 2. The third kappa shape index (κ3) is 15.4. The van der Waals surface area contributed by atoms with E-state index in [9.17, 15) is 49.8 Å². The molecule has 4 aliphatic carbocycles. The van der Waals surface area contributed by atoms with Crippen LogP contribution < -0.4 is 11.5 Å². The second-order valence-electron chi connectivity index (χ2n) is 19.3. The van der Waals surface area contributed by atoms with E-state index in [1.54, 1.807) is 56.3 Å². The van der Waals surface area contributed by atoms with Crippen LogP contribution in [0.5, 0.6) is 11.5 Å². The lowest BCUT2D eigenvalue weighted by Crippen LogP contribution is -2.21. The highest BCUT2D eigenvalue weighted by molar-refractivity contribution is 5.71. The van der Waals surface area contributed by atoms with Gasteiger partial charge in [0.25, 0.3) is 0 Å². The SMILES string of the molecule is CCOC(=O)CC1CCC(O)C1c1ccccc1N.CCOC(=O)CC1CCC(O)C1c1ccccc1O.Nc1ccccc1C1C(O)CCC1CC(=O)O.O=C(O)CC1CCC(O)C1c1ccccc1O. The first-order valence-corrected chi connectivity index (χ1v) is 25.2. The molecule has 16 nitrogen and oxygen atoms in total. The minimum Gasteiger partial charge on any atom is -0.508 e. The molecule has 0 radical (unpaired) electrons. The highest BCUT2D eigenvalue weighted by atomic mass is 16.5. The molecule has 4 aromatic rings. The summed E-state index contributed by atoms with van der Waals surface area (Å²) < 4.78 is 9.97. The summed E-state index contributed by atoms with van der Waals surface area (Å²) >= 11 is 0. The summed E-state index contributed by atoms with van der Waals surface area (Å²) in [5.41, 5.74) is 16.4. The van der Waals surface area contributed by atoms with E-state index in [2.05, 4.69) is 0 Å². The number of hydrogen-bond donors (Lipinski definition) is 10. The standard InChI is InChI=1S/C15H21NO3.C15H20O4.C13H17NO3.C13H16O4/c2*1-2-19-14(18)9-10-7-8-13(17)15(10)11-5-3-4-6-12(11)16;2*14-10-4-2-1-3-9(10)13-8(7-12(16)17)5-6-11(13)15/h3-6,10,13,15,17H,2,7-9,16H2,1H3;3-6,10,13,15-17H,2,7-9H2,1H3;1-4,8,11,13,15H,5-7,14H2,(H,16,17);1-4,8,11,13-15H,5-7H2,(H,16,17). The number of nitrogen functional groups attached to an aromatic ring is 2. The summed E-state index contributed by atoms with van der Waals surface area (Å²) in [5, 5.41) is 77.7. The Kier molecular flexibility index (Phi) is 21.7. The molecule has 0 aromatic heterocycles. The van der Waals surface area contributed by atoms with Crippen LogP contribution in [0.3, 0.4) is 0 Å². The normalized spacial score (nSPS) is 27.2. The van der Waals surface area contributed by atoms with Gasteiger partial charge >= 0.3 is 23.9 Å². The number of rotatable bonds is 14. The smallest absolute Gasteiger partial charge is 0.306 e. The van der Waals surface area contributed by atoms with Crippen LogP contribution in [0.4, 0.5) is 11.4 Å². The van der Waals surface area contributed by atoms with Crippen molar-refractivity contribution in [3.63, 3.8) is 0 Å². The van der Waals surface area contributed by atoms with Crippen LogP contribution in [-0.2, 0) is 28.7 Å². The van der Waals surface area contributed by atoms with E-state index in [-0.39, 0.29) is 83.6 Å². The molecule has 0 spiro atoms. The van der Waals surface area contributed by atoms with Gasteiger partial charge in [-0.15, -0.1) is 0 Å². The second-order valence-corrected chi connectivity index (χ2v) is 19.3. The zero-order chi connectivity index (χ0) is 52.5. The van der Waals surface area contributed by atoms with E-state index in [0.717, 1.165) is 36.0 Å². The molecular weight excluding hydrogens is 925 g/mol. The van der Waals surface area contributed by atoms with Crippen LogP contribution in [0.1, 0.15) is 137 Å². The molecule has 12 atom stereocenters. The first-order chi connectivity index (χ1) is 34.4. The Morgan fingerprint density at radius 3 is 0.972 bits per heavy atom. The zero-order valence-electron chi connectivity index (χ0n) is 41.2. The van der Waals surface area contributed by atoms with Crippen LogP contribution in [0.2, 0.25) is 0 Å². The average molecular weight is 999 g/mol. The molecule has 0 heterocycles. The van der Waals surface area contributed by atoms with E-state index in [4.69, 9.17) is 31.2 Å². The molecule has 4 aliphatic rings. The summed E-state index contributed by atoms with van der Waals surface area (Å²) in [5.74, 6) is -2.44. The molecule has 0 bridgehead atoms. The summed E-state index contributed by atoms with van der Waals surface area (Å²) in [7, 11) is 0. The quantitative estimate of drug-likeness (QED) is 0.0430. The van der Waals surface area contributed by atoms with E-state index in [0.29, 0.717) is 75.1 Å². The Bertz CT molecular complexity index is 2220. The van der Waals surface area contributed by atoms with E-state index in [1.165, 1.54) is 0 Å². The second kappa shape index (κ2) is 27.6. The van der Waals surface area contributed by atoms with Crippen molar-refractivity contribution in [2.24, 2.45) is 23.7 Å². The molecule has 0 amide bonds. The van der Waals surface area contributed by atoms with Crippen LogP contribution in [0.25, 0.3) is 0 Å². The molecule has 0 saturated heterocycles. The summed E-state index contributed by atoms with van der Waals surface area (Å²) in [6.45, 7) is 4.34. The number of benzene rings is 4. The molecular formula is C56H74N2O14. The number of esters is 2. The average Bonchev–Trinajstić information content (AvgIpc) is 4.09. The van der Waals surface area contributed by atoms with E-state index >= 15 is 0 Å². The molecule has 4 fully saturated rings. The number of nitrogens with two attached hydrogens (primary N) is 2. The van der Waals surface area contributed by atoms with Gasteiger partial charge in [0, 0.05) is 60.7 Å². The van der Waals surface area contributed by atoms with E-state index in [1.807, 2.05) is 54.6 Å². The van der Waals surface area contributed by atoms with Gasteiger partial charge in [-0.3, -0.25) is 19.2 Å². The molecule has 12 N–H and O–H groups in total. The number of aliphatic hydroxyl groups excluding tert-OH is 4. The van der Waals surface area contributed by atoms with Crippen LogP contribution in [0, 0.1) is 23.7 Å². The lowest BCUT2D eigenvalue weighted by Gasteiger charge is -2.23. The number of carbonyl (C=O) groups is 4. The number of phenolic OH excluding ortho intramolecular Hbond substituents is 2. The number of para-hydroxylation sites is 4. The number of aromatic hydroxyl groups is 2. The Balaban J connectivity index is 0.000000179. The molecule has 8 rings (SSSR count). The van der Waals surface area contributed by atoms with Gasteiger partial charge in [-0.2, -0.15) is 0 Å². The molecule has 4 aromatic carbocycles. The van der Waals surface area contributed by atoms with Gasteiger partial charge in [-0.1, -0.05) is 72.8 Å². The van der Waals surface area contributed by atoms with Crippen molar-refractivity contribution in [1.29, 1.82) is 0 Å². The number of aliphatic carboxylic acids is 2. The van der Waals surface area contributed by atoms with Gasteiger partial charge in [-0.25, -0.2) is 0 Å². The first-order valence-electron chi connectivity index (χ1n) is 25.2. The van der Waals surface area contributed by atoms with Gasteiger partial charge < -0.3 is 61.8 Å². The third-order valence-corrected chi connectivity index (χ3v) is 14.7. The van der Waals surface area contributed by atoms with Crippen molar-refractivity contribution >= 4 is 35.3 Å². The summed E-state index contributed by atoms with van der Waals surface area (Å²) in [6, 6.07) is 28.8. The van der Waals surface area contributed by atoms with Crippen molar-refractivity contribution in [2.75, 3.05) is 24.7 Å². The molecule has 0 aliphatic heterocycles. The van der Waals surface area contributed by atoms with Crippen molar-refractivity contribution in [1.82, 2.24) is 0 Å². The maximum Gasteiger partial charge on any atom is 0.306 e. The lowest BCUT2D eigenvalue weighted by atomic mass is 9.85. The lowest BCUT2D eigenvalue weighted by molar-refractivity contribution is -0.145. The maximum absolute atomic E-state index is 11.6. The highest BCUT2D eigenvalue weighted by Crippen LogP contribution is 2.47. The highest BCUT2D eigenvalue weighted by Gasteiger charge is 2.41. The topological polar surface area (TPSA) is 301 Å². The van der Waals surface area contributed by atoms with Crippen molar-refractivity contribution in [3.8, 4) is 11.5 Å². The summed E-state index contributed by atoms with van der Waals surface area (Å²) in [4.78, 5) is 44.8. The number of aliphatic hydroxyl groups is 4. The molecule has 392 valence electrons. The number of anilines is 2. The van der Waals surface area contributed by atoms with Crippen molar-refractivity contribution in [3.05, 3.63) is 119 Å². The predicted molar refractivity (Wildman–Crippen MR) is 271 cm³/mol. The zero-order valence-corrected chi connectivity index (χ0v) is 41.2. The van der Waals surface area contributed by atoms with Crippen LogP contribution in [0.15, 0.2) is 97.1 Å². The minimum absolute atomic E-state index is 0.0211. The van der Waals surface area contributed by atoms with Gasteiger partial charge in [0.15, 0.2) is 0 Å². The van der Waals surface area contributed by atoms with E-state index < -0.39 is 36.4 Å². The fourth-order valence-electron chi connectivity index (χ4n) is 11.5. The fourth-order valence-corrected chi connectivity index (χ4v) is 11.5. The fraction of sp³-hybridized carbons (Fsp3) is 0.500. The van der Waals surface area contributed by atoms with Gasteiger partial charge in [0.2, 0.25) is 0 Å². The summed E-state index contributed by atoms with van der Waals surface area (Å²) in [6.07, 6.45) is 4.45. The van der Waals surface area contributed by atoms with Crippen LogP contribution >= 0.6 is 0 Å². The third-order valence-electron chi connectivity index (χ3n) is 14.7. The number of ether oxygens (including phenoxy) is 2. The number of carboxylic acids is 2. The monoisotopic (exact) mass is 999 g/mol. The minimum atomic E-state index is -0.857. The predicted octanol–water partition coefficient (Wildman–Crippen LogP) is 7.60. The first kappa shape index (κ1) is 56.7. The van der Waals surface area contributed by atoms with Crippen molar-refractivity contribution < 1.29 is 69.5 Å². The number of carboxylic acid groups (broad SMARTS) is 2. The Morgan fingerprint density at radius 2 is 0.694 bits per heavy atom. The Hall–Kier alpha value is -6.20.